The Morgan fingerprint density at radius 3 is 2.07 bits per heavy atom. The Hall–Kier alpha value is -1.73. The van der Waals surface area contributed by atoms with E-state index in [9.17, 15) is 31.1 Å². The van der Waals surface area contributed by atoms with Crippen LogP contribution in [-0.4, -0.2) is 5.91 Å². The zero-order valence-corrected chi connectivity index (χ0v) is 15.5. The van der Waals surface area contributed by atoms with Crippen LogP contribution in [0.15, 0.2) is 18.2 Å². The van der Waals surface area contributed by atoms with E-state index in [4.69, 9.17) is 0 Å². The molecule has 0 aromatic heterocycles. The van der Waals surface area contributed by atoms with Gasteiger partial charge in [-0.2, -0.15) is 26.3 Å². The van der Waals surface area contributed by atoms with E-state index >= 15 is 0 Å². The molecular weight excluding hydrogens is 384 g/mol. The van der Waals surface area contributed by atoms with Crippen LogP contribution >= 0.6 is 0 Å². The second-order valence-corrected chi connectivity index (χ2v) is 8.20. The molecule has 0 radical (unpaired) electrons. The Labute approximate surface area is 159 Å². The number of amides is 1. The minimum Gasteiger partial charge on any atom is -0.352 e. The Kier molecular flexibility index (Phi) is 5.44. The fraction of sp³-hybridized carbons (Fsp3) is 0.650. The Balaban J connectivity index is 1.73. The minimum atomic E-state index is -4.89. The third kappa shape index (κ3) is 4.63. The standard InChI is InChI=1S/C20H23F6NO/c1-2-3-13-9-18(4-5-18)10-16(13)17(28)27-11-12-6-14(19(21,22)23)8-15(7-12)20(24,25)26/h6-8,13,16H,2-5,9-11H2,1H3,(H,27,28)/t13?,16-/m1/s1. The molecule has 0 saturated heterocycles. The quantitative estimate of drug-likeness (QED) is 0.601. The van der Waals surface area contributed by atoms with Gasteiger partial charge in [-0.05, 0) is 67.2 Å². The molecule has 3 rings (SSSR count). The molecule has 8 heteroatoms. The fourth-order valence-corrected chi connectivity index (χ4v) is 4.42. The minimum absolute atomic E-state index is 0.0937. The number of hydrogen-bond donors (Lipinski definition) is 1. The van der Waals surface area contributed by atoms with Crippen molar-refractivity contribution in [2.45, 2.75) is 64.3 Å². The lowest BCUT2D eigenvalue weighted by Gasteiger charge is -2.19. The third-order valence-corrected chi connectivity index (χ3v) is 5.98. The van der Waals surface area contributed by atoms with E-state index < -0.39 is 23.5 Å². The Bertz CT molecular complexity index is 703. The van der Waals surface area contributed by atoms with Crippen molar-refractivity contribution in [3.8, 4) is 0 Å². The summed E-state index contributed by atoms with van der Waals surface area (Å²) in [6.45, 7) is 1.68. The van der Waals surface area contributed by atoms with E-state index in [0.717, 1.165) is 38.5 Å². The fourth-order valence-electron chi connectivity index (χ4n) is 4.42. The van der Waals surface area contributed by atoms with Crippen molar-refractivity contribution in [2.24, 2.45) is 17.3 Å². The summed E-state index contributed by atoms with van der Waals surface area (Å²) in [5.41, 5.74) is -2.70. The van der Waals surface area contributed by atoms with E-state index in [2.05, 4.69) is 5.32 Å². The summed E-state index contributed by atoms with van der Waals surface area (Å²) < 4.78 is 77.7. The first-order valence-corrected chi connectivity index (χ1v) is 9.50. The Morgan fingerprint density at radius 1 is 1.04 bits per heavy atom. The number of alkyl halides is 6. The van der Waals surface area contributed by atoms with Crippen LogP contribution in [0.5, 0.6) is 0 Å². The van der Waals surface area contributed by atoms with Gasteiger partial charge in [-0.3, -0.25) is 4.79 Å². The zero-order chi connectivity index (χ0) is 20.7. The molecule has 1 aromatic carbocycles. The maximum Gasteiger partial charge on any atom is 0.416 e. The molecule has 1 amide bonds. The number of benzene rings is 1. The number of carbonyl (C=O) groups excluding carboxylic acids is 1. The second-order valence-electron chi connectivity index (χ2n) is 8.20. The molecule has 2 aliphatic rings. The van der Waals surface area contributed by atoms with E-state index in [1.54, 1.807) is 0 Å². The second kappa shape index (κ2) is 7.26. The summed E-state index contributed by atoms with van der Waals surface area (Å²) in [5.74, 6) is -0.247. The average molecular weight is 407 g/mol. The van der Waals surface area contributed by atoms with Crippen LogP contribution in [0.1, 0.15) is 62.1 Å². The lowest BCUT2D eigenvalue weighted by molar-refractivity contribution is -0.143. The summed E-state index contributed by atoms with van der Waals surface area (Å²) >= 11 is 0. The lowest BCUT2D eigenvalue weighted by atomic mass is 9.91. The van der Waals surface area contributed by atoms with Gasteiger partial charge in [0.05, 0.1) is 11.1 Å². The van der Waals surface area contributed by atoms with Crippen LogP contribution < -0.4 is 5.32 Å². The van der Waals surface area contributed by atoms with Crippen LogP contribution in [0.25, 0.3) is 0 Å². The normalized spacial score (nSPS) is 23.8. The molecule has 2 aliphatic carbocycles. The first kappa shape index (κ1) is 21.0. The molecular formula is C20H23F6NO. The molecule has 2 nitrogen and oxygen atoms in total. The highest BCUT2D eigenvalue weighted by Gasteiger charge is 2.54. The van der Waals surface area contributed by atoms with E-state index in [1.165, 1.54) is 0 Å². The SMILES string of the molecule is CCCC1CC2(CC2)C[C@H]1C(=O)NCc1cc(C(F)(F)F)cc(C(F)(F)F)c1. The van der Waals surface area contributed by atoms with Gasteiger partial charge in [0, 0.05) is 12.5 Å². The number of carbonyl (C=O) groups is 1. The third-order valence-electron chi connectivity index (χ3n) is 5.98. The zero-order valence-electron chi connectivity index (χ0n) is 15.5. The first-order valence-electron chi connectivity index (χ1n) is 9.50. The highest BCUT2D eigenvalue weighted by Crippen LogP contribution is 2.62. The van der Waals surface area contributed by atoms with Gasteiger partial charge in [-0.25, -0.2) is 0 Å². The Morgan fingerprint density at radius 2 is 1.61 bits per heavy atom. The van der Waals surface area contributed by atoms with Crippen molar-refractivity contribution in [3.63, 3.8) is 0 Å². The molecule has 2 atom stereocenters. The van der Waals surface area contributed by atoms with Crippen molar-refractivity contribution >= 4 is 5.91 Å². The van der Waals surface area contributed by atoms with Crippen LogP contribution in [0.3, 0.4) is 0 Å². The molecule has 1 spiro atoms. The van der Waals surface area contributed by atoms with Crippen LogP contribution in [0.2, 0.25) is 0 Å². The summed E-state index contributed by atoms with van der Waals surface area (Å²) in [7, 11) is 0. The lowest BCUT2D eigenvalue weighted by Crippen LogP contribution is -2.32. The monoisotopic (exact) mass is 407 g/mol. The van der Waals surface area contributed by atoms with Gasteiger partial charge >= 0.3 is 12.4 Å². The van der Waals surface area contributed by atoms with Gasteiger partial charge in [-0.15, -0.1) is 0 Å². The molecule has 0 bridgehead atoms. The smallest absolute Gasteiger partial charge is 0.352 e. The summed E-state index contributed by atoms with van der Waals surface area (Å²) in [6.07, 6.45) is -4.00. The molecule has 156 valence electrons. The predicted octanol–water partition coefficient (Wildman–Crippen LogP) is 5.95. The summed E-state index contributed by atoms with van der Waals surface area (Å²) in [6, 6.07) is 1.42. The van der Waals surface area contributed by atoms with Gasteiger partial charge in [0.1, 0.15) is 0 Å². The molecule has 0 aliphatic heterocycles. The van der Waals surface area contributed by atoms with E-state index in [0.29, 0.717) is 12.1 Å². The molecule has 1 aromatic rings. The largest absolute Gasteiger partial charge is 0.416 e. The average Bonchev–Trinajstić information content (AvgIpc) is 3.24. The maximum atomic E-state index is 13.0. The van der Waals surface area contributed by atoms with Gasteiger partial charge < -0.3 is 5.32 Å². The van der Waals surface area contributed by atoms with Gasteiger partial charge in [-0.1, -0.05) is 13.3 Å². The van der Waals surface area contributed by atoms with E-state index in [1.807, 2.05) is 6.92 Å². The van der Waals surface area contributed by atoms with Crippen molar-refractivity contribution in [1.29, 1.82) is 0 Å². The molecule has 1 unspecified atom stereocenters. The van der Waals surface area contributed by atoms with E-state index in [-0.39, 0.29) is 41.3 Å². The topological polar surface area (TPSA) is 29.1 Å². The number of nitrogens with one attached hydrogen (secondary N) is 1. The number of halogens is 6. The first-order chi connectivity index (χ1) is 12.9. The highest BCUT2D eigenvalue weighted by atomic mass is 19.4. The van der Waals surface area contributed by atoms with Crippen molar-refractivity contribution in [3.05, 3.63) is 34.9 Å². The van der Waals surface area contributed by atoms with Crippen molar-refractivity contribution < 1.29 is 31.1 Å². The molecule has 2 saturated carbocycles. The van der Waals surface area contributed by atoms with Gasteiger partial charge in [0.25, 0.3) is 0 Å². The maximum absolute atomic E-state index is 13.0. The van der Waals surface area contributed by atoms with Crippen LogP contribution in [0, 0.1) is 17.3 Å². The summed E-state index contributed by atoms with van der Waals surface area (Å²) in [4.78, 5) is 12.6. The van der Waals surface area contributed by atoms with Crippen LogP contribution in [-0.2, 0) is 23.7 Å². The number of hydrogen-bond acceptors (Lipinski definition) is 1. The van der Waals surface area contributed by atoms with Gasteiger partial charge in [0.15, 0.2) is 0 Å². The molecule has 0 heterocycles. The summed E-state index contributed by atoms with van der Waals surface area (Å²) in [5, 5.41) is 2.58. The predicted molar refractivity (Wildman–Crippen MR) is 91.1 cm³/mol. The molecule has 2 fully saturated rings. The van der Waals surface area contributed by atoms with Crippen molar-refractivity contribution in [2.75, 3.05) is 0 Å². The van der Waals surface area contributed by atoms with Gasteiger partial charge in [0.2, 0.25) is 5.91 Å². The molecule has 1 N–H and O–H groups in total. The van der Waals surface area contributed by atoms with Crippen LogP contribution in [0.4, 0.5) is 26.3 Å². The number of rotatable bonds is 5. The molecule has 28 heavy (non-hydrogen) atoms. The van der Waals surface area contributed by atoms with Crippen molar-refractivity contribution in [1.82, 2.24) is 5.32 Å². The highest BCUT2D eigenvalue weighted by molar-refractivity contribution is 5.79.